The first-order valence-electron chi connectivity index (χ1n) is 9.68. The Morgan fingerprint density at radius 1 is 1.16 bits per heavy atom. The van der Waals surface area contributed by atoms with Gasteiger partial charge in [0.05, 0.1) is 16.5 Å². The zero-order chi connectivity index (χ0) is 22.0. The smallest absolute Gasteiger partial charge is 0.244 e. The molecule has 2 aromatic rings. The number of carbonyl (C=O) groups excluding carboxylic acids is 2. The first-order valence-corrected chi connectivity index (χ1v) is 12.1. The van der Waals surface area contributed by atoms with E-state index in [1.165, 1.54) is 35.3 Å². The Hall–Kier alpha value is -2.63. The van der Waals surface area contributed by atoms with Crippen molar-refractivity contribution in [3.63, 3.8) is 0 Å². The van der Waals surface area contributed by atoms with Crippen molar-refractivity contribution >= 4 is 39.2 Å². The monoisotopic (exact) mass is 463 g/mol. The molecule has 1 fully saturated rings. The van der Waals surface area contributed by atoms with Gasteiger partial charge in [-0.05, 0) is 38.0 Å². The van der Waals surface area contributed by atoms with E-state index in [1.54, 1.807) is 18.2 Å². The maximum Gasteiger partial charge on any atom is 0.244 e. The highest BCUT2D eigenvalue weighted by atomic mass is 32.2. The minimum atomic E-state index is -3.52. The number of pyridine rings is 1. The second-order valence-electron chi connectivity index (χ2n) is 7.09. The van der Waals surface area contributed by atoms with E-state index >= 15 is 0 Å². The molecule has 1 amide bonds. The minimum absolute atomic E-state index is 0.0387. The maximum atomic E-state index is 12.6. The molecule has 0 unspecified atom stereocenters. The van der Waals surface area contributed by atoms with Gasteiger partial charge in [0.25, 0.3) is 0 Å². The van der Waals surface area contributed by atoms with Crippen molar-refractivity contribution in [3.8, 4) is 11.5 Å². The van der Waals surface area contributed by atoms with E-state index in [9.17, 15) is 18.0 Å². The lowest BCUT2D eigenvalue weighted by Gasteiger charge is -2.15. The quantitative estimate of drug-likeness (QED) is 0.492. The molecule has 164 valence electrons. The van der Waals surface area contributed by atoms with Gasteiger partial charge >= 0.3 is 0 Å². The maximum absolute atomic E-state index is 12.6. The second kappa shape index (κ2) is 8.85. The number of Topliss-reactive ketones (excluding diaryl/α,β-unsaturated/α-hetero) is 1. The van der Waals surface area contributed by atoms with Crippen LogP contribution in [0.2, 0.25) is 0 Å². The van der Waals surface area contributed by atoms with Gasteiger partial charge in [-0.2, -0.15) is 4.31 Å². The SMILES string of the molecule is CC(=O)c1cc2c(cc1NC(=O)CSc1ccc(S(=O)(=O)N3CCCC3)cn1)OCO2. The molecular weight excluding hydrogens is 442 g/mol. The normalized spacial score (nSPS) is 15.8. The average Bonchev–Trinajstić information content (AvgIpc) is 3.44. The van der Waals surface area contributed by atoms with Gasteiger partial charge in [0.15, 0.2) is 17.3 Å². The molecule has 0 atom stereocenters. The third-order valence-corrected chi connectivity index (χ3v) is 7.76. The molecule has 1 saturated heterocycles. The summed E-state index contributed by atoms with van der Waals surface area (Å²) >= 11 is 1.17. The Morgan fingerprint density at radius 2 is 1.87 bits per heavy atom. The van der Waals surface area contributed by atoms with E-state index in [1.807, 2.05) is 0 Å². The minimum Gasteiger partial charge on any atom is -0.454 e. The average molecular weight is 464 g/mol. The molecule has 1 aromatic heterocycles. The number of benzene rings is 1. The molecule has 31 heavy (non-hydrogen) atoms. The molecule has 1 N–H and O–H groups in total. The van der Waals surface area contributed by atoms with E-state index in [-0.39, 0.29) is 29.1 Å². The number of amides is 1. The molecule has 2 aliphatic heterocycles. The van der Waals surface area contributed by atoms with Crippen LogP contribution in [-0.4, -0.2) is 55.0 Å². The summed E-state index contributed by atoms with van der Waals surface area (Å²) < 4.78 is 37.1. The van der Waals surface area contributed by atoms with Crippen LogP contribution in [0.3, 0.4) is 0 Å². The summed E-state index contributed by atoms with van der Waals surface area (Å²) in [7, 11) is -3.52. The van der Waals surface area contributed by atoms with Crippen LogP contribution in [0.4, 0.5) is 5.69 Å². The number of thioether (sulfide) groups is 1. The molecule has 1 aromatic carbocycles. The summed E-state index contributed by atoms with van der Waals surface area (Å²) in [6, 6.07) is 6.21. The number of ketones is 1. The standard InChI is InChI=1S/C20H21N3O6S2/c1-13(24)15-8-17-18(29-12-28-17)9-16(15)22-19(25)11-30-20-5-4-14(10-21-20)31(26,27)23-6-2-3-7-23/h4-5,8-10H,2-3,6-7,11-12H2,1H3,(H,22,25). The van der Waals surface area contributed by atoms with Gasteiger partial charge in [-0.3, -0.25) is 9.59 Å². The predicted octanol–water partition coefficient (Wildman–Crippen LogP) is 2.53. The zero-order valence-corrected chi connectivity index (χ0v) is 18.4. The first kappa shape index (κ1) is 21.6. The van der Waals surface area contributed by atoms with Crippen molar-refractivity contribution in [1.82, 2.24) is 9.29 Å². The molecular formula is C20H21N3O6S2. The number of hydrogen-bond acceptors (Lipinski definition) is 8. The highest BCUT2D eigenvalue weighted by Gasteiger charge is 2.27. The fourth-order valence-corrected chi connectivity index (χ4v) is 5.45. The van der Waals surface area contributed by atoms with Crippen molar-refractivity contribution in [1.29, 1.82) is 0 Å². The van der Waals surface area contributed by atoms with Crippen molar-refractivity contribution in [3.05, 3.63) is 36.0 Å². The zero-order valence-electron chi connectivity index (χ0n) is 16.8. The Morgan fingerprint density at radius 3 is 2.52 bits per heavy atom. The largest absolute Gasteiger partial charge is 0.454 e. The molecule has 0 saturated carbocycles. The van der Waals surface area contributed by atoms with E-state index < -0.39 is 10.0 Å². The molecule has 9 nitrogen and oxygen atoms in total. The number of carbonyl (C=O) groups is 2. The molecule has 4 rings (SSSR count). The highest BCUT2D eigenvalue weighted by molar-refractivity contribution is 7.99. The van der Waals surface area contributed by atoms with Gasteiger partial charge in [0.2, 0.25) is 22.7 Å². The van der Waals surface area contributed by atoms with Crippen LogP contribution >= 0.6 is 11.8 Å². The third-order valence-electron chi connectivity index (χ3n) is 4.93. The van der Waals surface area contributed by atoms with Gasteiger partial charge in [-0.25, -0.2) is 13.4 Å². The molecule has 0 spiro atoms. The van der Waals surface area contributed by atoms with Crippen molar-refractivity contribution < 1.29 is 27.5 Å². The lowest BCUT2D eigenvalue weighted by Crippen LogP contribution is -2.27. The third kappa shape index (κ3) is 4.68. The van der Waals surface area contributed by atoms with E-state index in [0.717, 1.165) is 12.8 Å². The summed E-state index contributed by atoms with van der Waals surface area (Å²) in [4.78, 5) is 28.7. The second-order valence-corrected chi connectivity index (χ2v) is 10.0. The molecule has 0 bridgehead atoms. The van der Waals surface area contributed by atoms with Gasteiger partial charge < -0.3 is 14.8 Å². The number of aromatic nitrogens is 1. The molecule has 2 aliphatic rings. The lowest BCUT2D eigenvalue weighted by atomic mass is 10.1. The number of nitrogens with one attached hydrogen (secondary N) is 1. The Kier molecular flexibility index (Phi) is 6.17. The van der Waals surface area contributed by atoms with Gasteiger partial charge in [-0.15, -0.1) is 0 Å². The number of anilines is 1. The Bertz CT molecular complexity index is 1110. The number of ether oxygens (including phenoxy) is 2. The van der Waals surface area contributed by atoms with Crippen LogP contribution < -0.4 is 14.8 Å². The summed E-state index contributed by atoms with van der Waals surface area (Å²) in [5, 5.41) is 3.24. The van der Waals surface area contributed by atoms with Crippen LogP contribution in [0.1, 0.15) is 30.1 Å². The van der Waals surface area contributed by atoms with Crippen molar-refractivity contribution in [2.75, 3.05) is 31.0 Å². The Labute approximate surface area is 184 Å². The van der Waals surface area contributed by atoms with Crippen molar-refractivity contribution in [2.45, 2.75) is 29.7 Å². The number of nitrogens with zero attached hydrogens (tertiary/aromatic N) is 2. The summed E-state index contributed by atoms with van der Waals surface area (Å²) in [6.45, 7) is 2.53. The van der Waals surface area contributed by atoms with Gasteiger partial charge in [0, 0.05) is 30.9 Å². The van der Waals surface area contributed by atoms with Crippen LogP contribution in [0.25, 0.3) is 0 Å². The van der Waals surface area contributed by atoms with Crippen LogP contribution in [0, 0.1) is 0 Å². The van der Waals surface area contributed by atoms with E-state index in [0.29, 0.717) is 40.9 Å². The lowest BCUT2D eigenvalue weighted by molar-refractivity contribution is -0.113. The summed E-state index contributed by atoms with van der Waals surface area (Å²) in [5.74, 6) is 0.423. The Balaban J connectivity index is 1.39. The molecule has 0 aliphatic carbocycles. The number of fused-ring (bicyclic) bond motifs is 1. The van der Waals surface area contributed by atoms with E-state index in [2.05, 4.69) is 10.3 Å². The van der Waals surface area contributed by atoms with Crippen LogP contribution in [0.5, 0.6) is 11.5 Å². The molecule has 11 heteroatoms. The number of hydrogen-bond donors (Lipinski definition) is 1. The fourth-order valence-electron chi connectivity index (χ4n) is 3.34. The van der Waals surface area contributed by atoms with E-state index in [4.69, 9.17) is 9.47 Å². The van der Waals surface area contributed by atoms with Crippen LogP contribution in [-0.2, 0) is 14.8 Å². The highest BCUT2D eigenvalue weighted by Crippen LogP contribution is 2.37. The van der Waals surface area contributed by atoms with Crippen molar-refractivity contribution in [2.24, 2.45) is 0 Å². The topological polar surface area (TPSA) is 115 Å². The molecule has 3 heterocycles. The van der Waals surface area contributed by atoms with Gasteiger partial charge in [-0.1, -0.05) is 11.8 Å². The predicted molar refractivity (Wildman–Crippen MR) is 114 cm³/mol. The number of sulfonamides is 1. The fraction of sp³-hybridized carbons (Fsp3) is 0.350. The molecule has 0 radical (unpaired) electrons. The van der Waals surface area contributed by atoms with Crippen LogP contribution in [0.15, 0.2) is 40.4 Å². The summed E-state index contributed by atoms with van der Waals surface area (Å²) in [6.07, 6.45) is 3.05. The first-order chi connectivity index (χ1) is 14.8. The van der Waals surface area contributed by atoms with Gasteiger partial charge in [0.1, 0.15) is 4.90 Å². The summed E-state index contributed by atoms with van der Waals surface area (Å²) in [5.41, 5.74) is 0.680. The number of rotatable bonds is 7.